The van der Waals surface area contributed by atoms with Gasteiger partial charge >= 0.3 is 6.18 Å². The lowest BCUT2D eigenvalue weighted by Crippen LogP contribution is -2.03. The van der Waals surface area contributed by atoms with Crippen molar-refractivity contribution >= 4 is 6.08 Å². The first kappa shape index (κ1) is 9.84. The minimum atomic E-state index is -4.24. The minimum Gasteiger partial charge on any atom is -0.166 e. The summed E-state index contributed by atoms with van der Waals surface area (Å²) < 4.78 is 36.3. The Morgan fingerprint density at radius 1 is 1.08 bits per heavy atom. The second-order valence-electron chi connectivity index (χ2n) is 2.62. The van der Waals surface area contributed by atoms with Gasteiger partial charge < -0.3 is 0 Å². The van der Waals surface area contributed by atoms with Crippen molar-refractivity contribution in [3.05, 3.63) is 41.5 Å². The topological polar surface area (TPSA) is 0 Å². The number of rotatable bonds is 1. The Balaban J connectivity index is 2.94. The van der Waals surface area contributed by atoms with E-state index in [1.165, 1.54) is 12.1 Å². The van der Waals surface area contributed by atoms with Gasteiger partial charge in [0.05, 0.1) is 5.56 Å². The maximum absolute atomic E-state index is 12.1. The first-order valence-electron chi connectivity index (χ1n) is 3.84. The summed E-state index contributed by atoms with van der Waals surface area (Å²) in [5.74, 6) is 0. The molecule has 0 aromatic heterocycles. The highest BCUT2D eigenvalue weighted by Gasteiger charge is 2.29. The zero-order valence-corrected chi connectivity index (χ0v) is 7.10. The average molecular weight is 186 g/mol. The predicted octanol–water partition coefficient (Wildman–Crippen LogP) is 3.74. The first-order chi connectivity index (χ1) is 6.04. The van der Waals surface area contributed by atoms with Crippen molar-refractivity contribution in [3.8, 4) is 0 Å². The third kappa shape index (κ3) is 2.61. The molecule has 1 aromatic rings. The highest BCUT2D eigenvalue weighted by molar-refractivity contribution is 5.49. The molecule has 0 atom stereocenters. The molecule has 0 nitrogen and oxygen atoms in total. The van der Waals surface area contributed by atoms with Crippen molar-refractivity contribution in [3.63, 3.8) is 0 Å². The van der Waals surface area contributed by atoms with Crippen molar-refractivity contribution in [1.29, 1.82) is 0 Å². The van der Waals surface area contributed by atoms with Crippen molar-refractivity contribution < 1.29 is 13.2 Å². The van der Waals surface area contributed by atoms with Gasteiger partial charge in [-0.15, -0.1) is 0 Å². The van der Waals surface area contributed by atoms with E-state index in [4.69, 9.17) is 0 Å². The minimum absolute atomic E-state index is 0.610. The van der Waals surface area contributed by atoms with Crippen LogP contribution in [0.2, 0.25) is 0 Å². The fraction of sp³-hybridized carbons (Fsp3) is 0.200. The van der Waals surface area contributed by atoms with E-state index in [1.54, 1.807) is 12.2 Å². The van der Waals surface area contributed by atoms with Crippen LogP contribution in [0.4, 0.5) is 13.2 Å². The van der Waals surface area contributed by atoms with E-state index >= 15 is 0 Å². The third-order valence-electron chi connectivity index (χ3n) is 1.60. The Kier molecular flexibility index (Phi) is 2.76. The Bertz CT molecular complexity index is 293. The van der Waals surface area contributed by atoms with Gasteiger partial charge in [-0.05, 0) is 24.6 Å². The molecule has 0 heterocycles. The standard InChI is InChI=1S/C10H9F3/c1-2-3-8-4-6-9(7-5-8)10(11,12)13/h2-7H,1H3. The van der Waals surface area contributed by atoms with E-state index in [0.717, 1.165) is 17.7 Å². The van der Waals surface area contributed by atoms with Gasteiger partial charge in [0.15, 0.2) is 0 Å². The summed E-state index contributed by atoms with van der Waals surface area (Å²) in [5, 5.41) is 0. The molecular formula is C10H9F3. The smallest absolute Gasteiger partial charge is 0.166 e. The molecular weight excluding hydrogens is 177 g/mol. The molecule has 0 saturated carbocycles. The molecule has 13 heavy (non-hydrogen) atoms. The van der Waals surface area contributed by atoms with Crippen LogP contribution in [0.1, 0.15) is 18.1 Å². The molecule has 0 aliphatic heterocycles. The fourth-order valence-electron chi connectivity index (χ4n) is 0.976. The maximum Gasteiger partial charge on any atom is 0.416 e. The Morgan fingerprint density at radius 2 is 1.62 bits per heavy atom. The quantitative estimate of drug-likeness (QED) is 0.626. The molecule has 0 radical (unpaired) electrons. The number of alkyl halides is 3. The van der Waals surface area contributed by atoms with Crippen LogP contribution in [0.25, 0.3) is 6.08 Å². The monoisotopic (exact) mass is 186 g/mol. The van der Waals surface area contributed by atoms with Gasteiger partial charge in [0, 0.05) is 0 Å². The zero-order chi connectivity index (χ0) is 9.90. The van der Waals surface area contributed by atoms with Gasteiger partial charge in [0.25, 0.3) is 0 Å². The summed E-state index contributed by atoms with van der Waals surface area (Å²) in [6.07, 6.45) is -0.711. The van der Waals surface area contributed by atoms with Crippen LogP contribution in [0.15, 0.2) is 30.3 Å². The summed E-state index contributed by atoms with van der Waals surface area (Å²) in [7, 11) is 0. The molecule has 0 saturated heterocycles. The van der Waals surface area contributed by atoms with Crippen LogP contribution >= 0.6 is 0 Å². The van der Waals surface area contributed by atoms with Crippen molar-refractivity contribution in [1.82, 2.24) is 0 Å². The molecule has 70 valence electrons. The molecule has 0 unspecified atom stereocenters. The van der Waals surface area contributed by atoms with E-state index in [2.05, 4.69) is 0 Å². The number of halogens is 3. The Hall–Kier alpha value is -1.25. The number of hydrogen-bond acceptors (Lipinski definition) is 0. The van der Waals surface area contributed by atoms with Gasteiger partial charge in [0.2, 0.25) is 0 Å². The number of hydrogen-bond donors (Lipinski definition) is 0. The molecule has 1 aromatic carbocycles. The molecule has 3 heteroatoms. The molecule has 0 aliphatic carbocycles. The van der Waals surface area contributed by atoms with Crippen LogP contribution in [0, 0.1) is 0 Å². The van der Waals surface area contributed by atoms with Crippen molar-refractivity contribution in [2.45, 2.75) is 13.1 Å². The lowest BCUT2D eigenvalue weighted by atomic mass is 10.1. The largest absolute Gasteiger partial charge is 0.416 e. The van der Waals surface area contributed by atoms with Crippen molar-refractivity contribution in [2.75, 3.05) is 0 Å². The lowest BCUT2D eigenvalue weighted by molar-refractivity contribution is -0.137. The number of allylic oxidation sites excluding steroid dienone is 1. The van der Waals surface area contributed by atoms with Gasteiger partial charge in [-0.25, -0.2) is 0 Å². The third-order valence-corrected chi connectivity index (χ3v) is 1.60. The van der Waals surface area contributed by atoms with Gasteiger partial charge in [-0.2, -0.15) is 13.2 Å². The summed E-state index contributed by atoms with van der Waals surface area (Å²) in [6.45, 7) is 1.82. The first-order valence-corrected chi connectivity index (χ1v) is 3.84. The Morgan fingerprint density at radius 3 is 2.00 bits per heavy atom. The van der Waals surface area contributed by atoms with Crippen LogP contribution in [-0.2, 0) is 6.18 Å². The van der Waals surface area contributed by atoms with Gasteiger partial charge in [-0.3, -0.25) is 0 Å². The lowest BCUT2D eigenvalue weighted by Gasteiger charge is -2.05. The summed E-state index contributed by atoms with van der Waals surface area (Å²) in [5.41, 5.74) is 0.163. The molecule has 0 amide bonds. The average Bonchev–Trinajstić information content (AvgIpc) is 2.04. The normalized spacial score (nSPS) is 12.3. The van der Waals surface area contributed by atoms with E-state index in [-0.39, 0.29) is 0 Å². The zero-order valence-electron chi connectivity index (χ0n) is 7.10. The van der Waals surface area contributed by atoms with Crippen LogP contribution < -0.4 is 0 Å². The highest BCUT2D eigenvalue weighted by Crippen LogP contribution is 2.29. The van der Waals surface area contributed by atoms with Gasteiger partial charge in [0.1, 0.15) is 0 Å². The van der Waals surface area contributed by atoms with E-state index in [1.807, 2.05) is 6.92 Å². The molecule has 0 aliphatic rings. The predicted molar refractivity (Wildman–Crippen MR) is 46.2 cm³/mol. The molecule has 0 N–H and O–H groups in total. The summed E-state index contributed by atoms with van der Waals surface area (Å²) in [4.78, 5) is 0. The van der Waals surface area contributed by atoms with E-state index in [9.17, 15) is 13.2 Å². The fourth-order valence-corrected chi connectivity index (χ4v) is 0.976. The number of benzene rings is 1. The maximum atomic E-state index is 12.1. The molecule has 0 fully saturated rings. The van der Waals surface area contributed by atoms with E-state index in [0.29, 0.717) is 0 Å². The summed E-state index contributed by atoms with van der Waals surface area (Å²) in [6, 6.07) is 5.05. The van der Waals surface area contributed by atoms with Crippen LogP contribution in [-0.4, -0.2) is 0 Å². The van der Waals surface area contributed by atoms with Crippen LogP contribution in [0.5, 0.6) is 0 Å². The summed E-state index contributed by atoms with van der Waals surface area (Å²) >= 11 is 0. The molecule has 0 spiro atoms. The second-order valence-corrected chi connectivity index (χ2v) is 2.62. The highest BCUT2D eigenvalue weighted by atomic mass is 19.4. The van der Waals surface area contributed by atoms with Crippen LogP contribution in [0.3, 0.4) is 0 Å². The molecule has 0 bridgehead atoms. The van der Waals surface area contributed by atoms with Crippen molar-refractivity contribution in [2.24, 2.45) is 0 Å². The SMILES string of the molecule is CC=Cc1ccc(C(F)(F)F)cc1. The molecule has 1 rings (SSSR count). The van der Waals surface area contributed by atoms with E-state index < -0.39 is 11.7 Å². The Labute approximate surface area is 74.7 Å². The second kappa shape index (κ2) is 3.64. The van der Waals surface area contributed by atoms with Gasteiger partial charge in [-0.1, -0.05) is 24.3 Å².